The van der Waals surface area contributed by atoms with Gasteiger partial charge in [0, 0.05) is 13.0 Å². The summed E-state index contributed by atoms with van der Waals surface area (Å²) in [6.07, 6.45) is 5.34. The van der Waals surface area contributed by atoms with Crippen molar-refractivity contribution in [2.45, 2.75) is 44.6 Å². The predicted molar refractivity (Wildman–Crippen MR) is 70.4 cm³/mol. The first-order valence-electron chi connectivity index (χ1n) is 6.89. The lowest BCUT2D eigenvalue weighted by Gasteiger charge is -2.24. The summed E-state index contributed by atoms with van der Waals surface area (Å²) in [6, 6.07) is 0. The van der Waals surface area contributed by atoms with Crippen molar-refractivity contribution in [3.05, 3.63) is 11.7 Å². The largest absolute Gasteiger partial charge is 0.337 e. The molecule has 1 atom stereocenters. The average molecular weight is 252 g/mol. The van der Waals surface area contributed by atoms with Gasteiger partial charge in [-0.25, -0.2) is 0 Å². The van der Waals surface area contributed by atoms with E-state index in [1.54, 1.807) is 0 Å². The van der Waals surface area contributed by atoms with Crippen LogP contribution in [0.2, 0.25) is 0 Å². The fraction of sp³-hybridized carbons (Fsp3) is 0.846. The number of hydrogen-bond donors (Lipinski definition) is 1. The van der Waals surface area contributed by atoms with Crippen LogP contribution in [0.5, 0.6) is 0 Å². The van der Waals surface area contributed by atoms with Crippen LogP contribution in [0.1, 0.15) is 44.3 Å². The molecule has 2 rings (SSSR count). The Labute approximate surface area is 109 Å². The van der Waals surface area contributed by atoms with Crippen molar-refractivity contribution < 1.29 is 4.52 Å². The molecule has 0 aliphatic carbocycles. The van der Waals surface area contributed by atoms with Crippen LogP contribution in [0.15, 0.2) is 4.52 Å². The zero-order valence-electron chi connectivity index (χ0n) is 11.7. The van der Waals surface area contributed by atoms with Crippen LogP contribution in [0.3, 0.4) is 0 Å². The number of rotatable bonds is 6. The van der Waals surface area contributed by atoms with Crippen molar-refractivity contribution in [1.82, 2.24) is 20.4 Å². The fourth-order valence-corrected chi connectivity index (χ4v) is 2.61. The topological polar surface area (TPSA) is 54.2 Å². The van der Waals surface area contributed by atoms with E-state index in [4.69, 9.17) is 4.52 Å². The van der Waals surface area contributed by atoms with Crippen molar-refractivity contribution in [2.75, 3.05) is 27.2 Å². The Hall–Kier alpha value is -0.940. The Bertz CT molecular complexity index is 369. The summed E-state index contributed by atoms with van der Waals surface area (Å²) >= 11 is 0. The molecule has 2 heterocycles. The molecule has 1 aromatic heterocycles. The highest BCUT2D eigenvalue weighted by Crippen LogP contribution is 2.34. The summed E-state index contributed by atoms with van der Waals surface area (Å²) in [5.74, 6) is 1.61. The molecule has 102 valence electrons. The maximum atomic E-state index is 5.49. The van der Waals surface area contributed by atoms with Crippen molar-refractivity contribution in [1.29, 1.82) is 0 Å². The maximum absolute atomic E-state index is 5.49. The second-order valence-corrected chi connectivity index (χ2v) is 5.43. The van der Waals surface area contributed by atoms with E-state index >= 15 is 0 Å². The summed E-state index contributed by atoms with van der Waals surface area (Å²) in [5.41, 5.74) is -0.0574. The van der Waals surface area contributed by atoms with Gasteiger partial charge in [-0.3, -0.25) is 0 Å². The summed E-state index contributed by atoms with van der Waals surface area (Å²) in [4.78, 5) is 6.72. The van der Waals surface area contributed by atoms with E-state index in [9.17, 15) is 0 Å². The van der Waals surface area contributed by atoms with Crippen molar-refractivity contribution >= 4 is 0 Å². The Morgan fingerprint density at radius 1 is 1.44 bits per heavy atom. The zero-order valence-corrected chi connectivity index (χ0v) is 11.7. The summed E-state index contributed by atoms with van der Waals surface area (Å²) in [7, 11) is 4.11. The van der Waals surface area contributed by atoms with E-state index in [1.165, 1.54) is 6.42 Å². The van der Waals surface area contributed by atoms with Crippen LogP contribution < -0.4 is 5.32 Å². The molecule has 0 amide bonds. The SMILES string of the molecule is CCCC1(c2nc(CCN(C)C)no2)CCCN1. The van der Waals surface area contributed by atoms with Crippen molar-refractivity contribution in [3.8, 4) is 0 Å². The molecule has 1 aliphatic heterocycles. The summed E-state index contributed by atoms with van der Waals surface area (Å²) in [6.45, 7) is 4.20. The Morgan fingerprint density at radius 2 is 2.28 bits per heavy atom. The number of likely N-dealkylation sites (N-methyl/N-ethyl adjacent to an activating group) is 1. The molecular weight excluding hydrogens is 228 g/mol. The van der Waals surface area contributed by atoms with Gasteiger partial charge in [0.15, 0.2) is 5.82 Å². The smallest absolute Gasteiger partial charge is 0.246 e. The van der Waals surface area contributed by atoms with Gasteiger partial charge in [-0.2, -0.15) is 4.98 Å². The second-order valence-electron chi connectivity index (χ2n) is 5.43. The zero-order chi connectivity index (χ0) is 13.0. The van der Waals surface area contributed by atoms with Gasteiger partial charge in [0.05, 0.1) is 5.54 Å². The van der Waals surface area contributed by atoms with Gasteiger partial charge in [-0.15, -0.1) is 0 Å². The van der Waals surface area contributed by atoms with Crippen molar-refractivity contribution in [3.63, 3.8) is 0 Å². The van der Waals surface area contributed by atoms with Gasteiger partial charge in [0.2, 0.25) is 5.89 Å². The molecule has 5 nitrogen and oxygen atoms in total. The monoisotopic (exact) mass is 252 g/mol. The number of nitrogens with one attached hydrogen (secondary N) is 1. The van der Waals surface area contributed by atoms with Crippen LogP contribution >= 0.6 is 0 Å². The summed E-state index contributed by atoms with van der Waals surface area (Å²) in [5, 5.41) is 7.67. The number of nitrogens with zero attached hydrogens (tertiary/aromatic N) is 3. The quantitative estimate of drug-likeness (QED) is 0.832. The lowest BCUT2D eigenvalue weighted by Crippen LogP contribution is -2.37. The number of hydrogen-bond acceptors (Lipinski definition) is 5. The average Bonchev–Trinajstić information content (AvgIpc) is 2.95. The highest BCUT2D eigenvalue weighted by atomic mass is 16.5. The fourth-order valence-electron chi connectivity index (χ4n) is 2.61. The molecule has 1 unspecified atom stereocenters. The third-order valence-corrected chi connectivity index (χ3v) is 3.58. The molecule has 18 heavy (non-hydrogen) atoms. The first kappa shape index (κ1) is 13.5. The van der Waals surface area contributed by atoms with Gasteiger partial charge >= 0.3 is 0 Å². The molecule has 0 spiro atoms. The first-order chi connectivity index (χ1) is 8.66. The lowest BCUT2D eigenvalue weighted by atomic mass is 9.92. The highest BCUT2D eigenvalue weighted by Gasteiger charge is 2.39. The van der Waals surface area contributed by atoms with Gasteiger partial charge in [0.25, 0.3) is 0 Å². The predicted octanol–water partition coefficient (Wildman–Crippen LogP) is 1.55. The molecule has 1 aliphatic rings. The Kier molecular flexibility index (Phi) is 4.35. The molecule has 0 bridgehead atoms. The van der Waals surface area contributed by atoms with Gasteiger partial charge in [0.1, 0.15) is 0 Å². The molecule has 1 aromatic rings. The maximum Gasteiger partial charge on any atom is 0.246 e. The van der Waals surface area contributed by atoms with Crippen LogP contribution in [0.4, 0.5) is 0 Å². The van der Waals surface area contributed by atoms with E-state index in [0.29, 0.717) is 0 Å². The van der Waals surface area contributed by atoms with Gasteiger partial charge < -0.3 is 14.7 Å². The minimum absolute atomic E-state index is 0.0574. The molecule has 1 N–H and O–H groups in total. The summed E-state index contributed by atoms with van der Waals surface area (Å²) < 4.78 is 5.49. The molecule has 0 radical (unpaired) electrons. The molecular formula is C13H24N4O. The molecule has 0 aromatic carbocycles. The third-order valence-electron chi connectivity index (χ3n) is 3.58. The highest BCUT2D eigenvalue weighted by molar-refractivity contribution is 5.06. The van der Waals surface area contributed by atoms with Crippen LogP contribution in [0.25, 0.3) is 0 Å². The standard InChI is InChI=1S/C13H24N4O/c1-4-7-13(8-5-9-14-13)12-15-11(16-18-12)6-10-17(2)3/h14H,4-10H2,1-3H3. The Balaban J connectivity index is 2.07. The Morgan fingerprint density at radius 3 is 2.89 bits per heavy atom. The normalized spacial score (nSPS) is 24.0. The van der Waals surface area contributed by atoms with Crippen LogP contribution in [-0.4, -0.2) is 42.2 Å². The van der Waals surface area contributed by atoms with Crippen molar-refractivity contribution in [2.24, 2.45) is 0 Å². The molecule has 1 fully saturated rings. The minimum Gasteiger partial charge on any atom is -0.337 e. The lowest BCUT2D eigenvalue weighted by molar-refractivity contribution is 0.240. The van der Waals surface area contributed by atoms with E-state index in [1.807, 2.05) is 0 Å². The molecule has 1 saturated heterocycles. The molecule has 5 heteroatoms. The third kappa shape index (κ3) is 2.90. The van der Waals surface area contributed by atoms with Crippen LogP contribution in [-0.2, 0) is 12.0 Å². The first-order valence-corrected chi connectivity index (χ1v) is 6.89. The van der Waals surface area contributed by atoms with Crippen LogP contribution in [0, 0.1) is 0 Å². The minimum atomic E-state index is -0.0574. The molecule has 0 saturated carbocycles. The van der Waals surface area contributed by atoms with E-state index in [0.717, 1.165) is 50.5 Å². The second kappa shape index (κ2) is 5.80. The van der Waals surface area contributed by atoms with Gasteiger partial charge in [-0.1, -0.05) is 18.5 Å². The van der Waals surface area contributed by atoms with E-state index < -0.39 is 0 Å². The van der Waals surface area contributed by atoms with E-state index in [-0.39, 0.29) is 5.54 Å². The number of aromatic nitrogens is 2. The van der Waals surface area contributed by atoms with E-state index in [2.05, 4.69) is 41.4 Å². The van der Waals surface area contributed by atoms with Gasteiger partial charge in [-0.05, 0) is 39.9 Å².